The fourth-order valence-corrected chi connectivity index (χ4v) is 6.97. The van der Waals surface area contributed by atoms with Gasteiger partial charge in [0.2, 0.25) is 0 Å². The molecule has 0 aliphatic carbocycles. The molecule has 4 heteroatoms. The molecule has 0 aromatic carbocycles. The maximum atomic E-state index is 11.7. The molecule has 0 bridgehead atoms. The van der Waals surface area contributed by atoms with Gasteiger partial charge in [0.05, 0.1) is 6.61 Å². The number of hydrogen-bond donors (Lipinski definition) is 1. The molecular formula is C46H82N2O2. The molecule has 0 aromatic heterocycles. The number of hydrogen-bond acceptors (Lipinski definition) is 4. The molecule has 0 amide bonds. The minimum Gasteiger partial charge on any atom is -0.377 e. The number of unbranched alkanes of at least 4 members (excludes halogenated alkanes) is 13. The highest BCUT2D eigenvalue weighted by molar-refractivity contribution is 5.04. The largest absolute Gasteiger partial charge is 0.377 e. The van der Waals surface area contributed by atoms with Gasteiger partial charge < -0.3 is 19.6 Å². The Balaban J connectivity index is 2.21. The van der Waals surface area contributed by atoms with Gasteiger partial charge in [-0.2, -0.15) is 0 Å². The summed E-state index contributed by atoms with van der Waals surface area (Å²) in [7, 11) is 6.40. The Morgan fingerprint density at radius 1 is 0.740 bits per heavy atom. The average Bonchev–Trinajstić information content (AvgIpc) is 3.40. The minimum atomic E-state index is -0.919. The molecular weight excluding hydrogens is 613 g/mol. The first-order valence-electron chi connectivity index (χ1n) is 21.1. The number of aliphatic hydroxyl groups is 1. The molecule has 0 saturated carbocycles. The van der Waals surface area contributed by atoms with E-state index in [2.05, 4.69) is 112 Å². The Morgan fingerprint density at radius 3 is 2.10 bits per heavy atom. The second kappa shape index (κ2) is 31.9. The van der Waals surface area contributed by atoms with E-state index in [0.29, 0.717) is 5.92 Å². The van der Waals surface area contributed by atoms with Gasteiger partial charge >= 0.3 is 0 Å². The van der Waals surface area contributed by atoms with Gasteiger partial charge in [0.1, 0.15) is 0 Å². The Morgan fingerprint density at radius 2 is 1.40 bits per heavy atom. The monoisotopic (exact) mass is 695 g/mol. The molecule has 0 radical (unpaired) electrons. The van der Waals surface area contributed by atoms with E-state index in [1.807, 2.05) is 0 Å². The first-order valence-corrected chi connectivity index (χ1v) is 21.1. The van der Waals surface area contributed by atoms with Crippen LogP contribution in [-0.4, -0.2) is 61.5 Å². The second-order valence-electron chi connectivity index (χ2n) is 15.7. The Bertz CT molecular complexity index is 955. The van der Waals surface area contributed by atoms with Crippen LogP contribution in [-0.2, 0) is 4.74 Å². The molecule has 3 unspecified atom stereocenters. The molecule has 1 aliphatic heterocycles. The quantitative estimate of drug-likeness (QED) is 0.0445. The predicted octanol–water partition coefficient (Wildman–Crippen LogP) is 12.3. The third-order valence-corrected chi connectivity index (χ3v) is 10.1. The summed E-state index contributed by atoms with van der Waals surface area (Å²) < 4.78 is 6.22. The lowest BCUT2D eigenvalue weighted by molar-refractivity contribution is -0.201. The van der Waals surface area contributed by atoms with Crippen molar-refractivity contribution in [3.05, 3.63) is 48.7 Å². The molecule has 1 fully saturated rings. The van der Waals surface area contributed by atoms with E-state index < -0.39 is 5.79 Å². The fraction of sp³-hybridized carbons (Fsp3) is 0.783. The summed E-state index contributed by atoms with van der Waals surface area (Å²) in [6, 6.07) is 0. The van der Waals surface area contributed by atoms with E-state index in [1.165, 1.54) is 96.3 Å². The van der Waals surface area contributed by atoms with E-state index in [1.54, 1.807) is 0 Å². The van der Waals surface area contributed by atoms with Gasteiger partial charge in [-0.3, -0.25) is 0 Å². The van der Waals surface area contributed by atoms with Crippen molar-refractivity contribution in [3.8, 4) is 11.8 Å². The summed E-state index contributed by atoms with van der Waals surface area (Å²) in [5, 5.41) is 11.7. The third kappa shape index (κ3) is 26.0. The maximum Gasteiger partial charge on any atom is 0.168 e. The highest BCUT2D eigenvalue weighted by Crippen LogP contribution is 2.43. The Hall–Kier alpha value is -1.80. The van der Waals surface area contributed by atoms with Crippen molar-refractivity contribution in [1.82, 2.24) is 9.80 Å². The minimum absolute atomic E-state index is 0.275. The van der Waals surface area contributed by atoms with Crippen molar-refractivity contribution in [2.45, 2.75) is 174 Å². The highest BCUT2D eigenvalue weighted by atomic mass is 16.6. The highest BCUT2D eigenvalue weighted by Gasteiger charge is 2.47. The molecule has 50 heavy (non-hydrogen) atoms. The zero-order chi connectivity index (χ0) is 36.5. The Labute approximate surface area is 312 Å². The normalized spacial score (nSPS) is 19.7. The van der Waals surface area contributed by atoms with Gasteiger partial charge in [-0.05, 0) is 103 Å². The molecule has 0 spiro atoms. The van der Waals surface area contributed by atoms with Crippen molar-refractivity contribution in [2.24, 2.45) is 17.8 Å². The number of nitrogens with zero attached hydrogens (tertiary/aromatic N) is 2. The van der Waals surface area contributed by atoms with E-state index in [-0.39, 0.29) is 5.92 Å². The van der Waals surface area contributed by atoms with Gasteiger partial charge in [-0.15, -0.1) is 5.92 Å². The molecule has 1 saturated heterocycles. The van der Waals surface area contributed by atoms with Crippen LogP contribution in [0.4, 0.5) is 0 Å². The molecule has 3 atom stereocenters. The zero-order valence-corrected chi connectivity index (χ0v) is 34.0. The van der Waals surface area contributed by atoms with Gasteiger partial charge in [-0.1, -0.05) is 133 Å². The molecule has 1 rings (SSSR count). The van der Waals surface area contributed by atoms with Gasteiger partial charge in [-0.25, -0.2) is 0 Å². The lowest BCUT2D eigenvalue weighted by Crippen LogP contribution is -2.37. The lowest BCUT2D eigenvalue weighted by Gasteiger charge is -2.31. The first-order chi connectivity index (χ1) is 24.3. The molecule has 1 N–H and O–H groups in total. The lowest BCUT2D eigenvalue weighted by atomic mass is 9.80. The van der Waals surface area contributed by atoms with Crippen LogP contribution in [0.25, 0.3) is 0 Å². The maximum absolute atomic E-state index is 11.7. The number of likely N-dealkylation sites (N-methyl/N-ethyl adjacent to an activating group) is 1. The average molecular weight is 695 g/mol. The predicted molar refractivity (Wildman–Crippen MR) is 220 cm³/mol. The summed E-state index contributed by atoms with van der Waals surface area (Å²) in [5.74, 6) is 7.30. The smallest absolute Gasteiger partial charge is 0.168 e. The van der Waals surface area contributed by atoms with Crippen molar-refractivity contribution < 1.29 is 9.84 Å². The van der Waals surface area contributed by atoms with E-state index >= 15 is 0 Å². The number of allylic oxidation sites excluding steroid dienone is 6. The van der Waals surface area contributed by atoms with Gasteiger partial charge in [0.15, 0.2) is 5.79 Å². The fourth-order valence-electron chi connectivity index (χ4n) is 6.97. The standard InChI is InChI=1S/C46H82N2O2/c1-7-8-33-39-48(6)40-34-29-25-21-17-15-19-23-27-31-36-45-44(37-41-47(4)5)42-50-46(45,49)38-32-28-24-20-16-13-11-9-10-12-14-18-22-26-30-35-43(2)3/h8,10,12,18,22,33-34,40,43-45,49H,7,9,11,13-17,19-20,23-24,26-32,35-39,41-42H2,1-6H3/b12-10-,22-18-,33-8+,40-34-. The molecule has 288 valence electrons. The van der Waals surface area contributed by atoms with Gasteiger partial charge in [0, 0.05) is 38.8 Å². The second-order valence-corrected chi connectivity index (χ2v) is 15.7. The van der Waals surface area contributed by atoms with E-state index in [4.69, 9.17) is 4.74 Å². The van der Waals surface area contributed by atoms with Crippen LogP contribution in [0.5, 0.6) is 0 Å². The SMILES string of the molecule is CC/C=C/CN(C)/C=C\CC#CCCCCCCCC1C(CCN(C)C)COC1(O)CCCCCCCCC/C=C\C/C=C\CCCC(C)C. The summed E-state index contributed by atoms with van der Waals surface area (Å²) in [6.07, 6.45) is 45.2. The van der Waals surface area contributed by atoms with Crippen LogP contribution in [0, 0.1) is 29.6 Å². The van der Waals surface area contributed by atoms with Crippen LogP contribution >= 0.6 is 0 Å². The van der Waals surface area contributed by atoms with Gasteiger partial charge in [0.25, 0.3) is 0 Å². The summed E-state index contributed by atoms with van der Waals surface area (Å²) in [4.78, 5) is 4.46. The van der Waals surface area contributed by atoms with Crippen LogP contribution in [0.2, 0.25) is 0 Å². The zero-order valence-electron chi connectivity index (χ0n) is 34.0. The van der Waals surface area contributed by atoms with Crippen LogP contribution < -0.4 is 0 Å². The summed E-state index contributed by atoms with van der Waals surface area (Å²) in [6.45, 7) is 9.51. The van der Waals surface area contributed by atoms with Crippen molar-refractivity contribution >= 4 is 0 Å². The topological polar surface area (TPSA) is 35.9 Å². The van der Waals surface area contributed by atoms with E-state index in [0.717, 1.165) is 77.0 Å². The molecule has 1 aliphatic rings. The molecule has 1 heterocycles. The third-order valence-electron chi connectivity index (χ3n) is 10.1. The summed E-state index contributed by atoms with van der Waals surface area (Å²) in [5.41, 5.74) is 0. The molecule has 0 aromatic rings. The van der Waals surface area contributed by atoms with Crippen molar-refractivity contribution in [3.63, 3.8) is 0 Å². The van der Waals surface area contributed by atoms with E-state index in [9.17, 15) is 5.11 Å². The number of ether oxygens (including phenoxy) is 1. The summed E-state index contributed by atoms with van der Waals surface area (Å²) >= 11 is 0. The molecule has 4 nitrogen and oxygen atoms in total. The number of rotatable bonds is 31. The van der Waals surface area contributed by atoms with Crippen LogP contribution in [0.3, 0.4) is 0 Å². The van der Waals surface area contributed by atoms with Crippen molar-refractivity contribution in [2.75, 3.05) is 40.8 Å². The van der Waals surface area contributed by atoms with Crippen molar-refractivity contribution in [1.29, 1.82) is 0 Å². The Kier molecular flexibility index (Phi) is 29.5. The van der Waals surface area contributed by atoms with Crippen LogP contribution in [0.15, 0.2) is 48.7 Å². The van der Waals surface area contributed by atoms with Crippen LogP contribution in [0.1, 0.15) is 168 Å². The first kappa shape index (κ1) is 46.2.